The maximum absolute atomic E-state index is 12.1. The first-order valence-electron chi connectivity index (χ1n) is 7.92. The van der Waals surface area contributed by atoms with Crippen molar-refractivity contribution in [2.45, 2.75) is 40.0 Å². The molecule has 2 N–H and O–H groups in total. The lowest BCUT2D eigenvalue weighted by molar-refractivity contribution is -0.131. The fourth-order valence-electron chi connectivity index (χ4n) is 2.19. The highest BCUT2D eigenvalue weighted by molar-refractivity contribution is 5.76. The molecule has 1 aromatic carbocycles. The van der Waals surface area contributed by atoms with Crippen molar-refractivity contribution in [3.8, 4) is 5.75 Å². The van der Waals surface area contributed by atoms with Crippen LogP contribution in [0.1, 0.15) is 45.6 Å². The molecular formula is C18H30N2O2. The van der Waals surface area contributed by atoms with Crippen LogP contribution in [-0.4, -0.2) is 37.6 Å². The average Bonchev–Trinajstić information content (AvgIpc) is 2.47. The van der Waals surface area contributed by atoms with E-state index in [0.717, 1.165) is 5.75 Å². The maximum Gasteiger partial charge on any atom is 0.225 e. The van der Waals surface area contributed by atoms with E-state index < -0.39 is 0 Å². The zero-order valence-electron chi connectivity index (χ0n) is 14.6. The topological polar surface area (TPSA) is 55.6 Å². The van der Waals surface area contributed by atoms with Crippen LogP contribution >= 0.6 is 0 Å². The highest BCUT2D eigenvalue weighted by Crippen LogP contribution is 2.19. The first-order chi connectivity index (χ1) is 10.2. The summed E-state index contributed by atoms with van der Waals surface area (Å²) in [5, 5.41) is 0. The second kappa shape index (κ2) is 8.18. The predicted molar refractivity (Wildman–Crippen MR) is 91.1 cm³/mol. The summed E-state index contributed by atoms with van der Waals surface area (Å²) >= 11 is 0. The van der Waals surface area contributed by atoms with Crippen LogP contribution in [0, 0.1) is 5.41 Å². The summed E-state index contributed by atoms with van der Waals surface area (Å²) in [6, 6.07) is 8.05. The van der Waals surface area contributed by atoms with Crippen LogP contribution in [0.5, 0.6) is 5.75 Å². The molecule has 4 nitrogen and oxygen atoms in total. The average molecular weight is 306 g/mol. The van der Waals surface area contributed by atoms with Crippen LogP contribution in [0.2, 0.25) is 0 Å². The van der Waals surface area contributed by atoms with Gasteiger partial charge in [-0.3, -0.25) is 4.79 Å². The van der Waals surface area contributed by atoms with Gasteiger partial charge < -0.3 is 15.4 Å². The Labute approximate surface area is 134 Å². The summed E-state index contributed by atoms with van der Waals surface area (Å²) < 4.78 is 5.65. The standard InChI is InChI=1S/C18H30N2O2/c1-14(2)15-6-8-16(9-7-15)22-11-10-17(21)20(5)13-18(3,4)12-19/h6-9,14H,10-13,19H2,1-5H3. The lowest BCUT2D eigenvalue weighted by Crippen LogP contribution is -2.40. The Hall–Kier alpha value is -1.55. The zero-order chi connectivity index (χ0) is 16.8. The molecule has 4 heteroatoms. The Morgan fingerprint density at radius 3 is 2.36 bits per heavy atom. The van der Waals surface area contributed by atoms with E-state index in [4.69, 9.17) is 10.5 Å². The number of hydrogen-bond acceptors (Lipinski definition) is 3. The van der Waals surface area contributed by atoms with Crippen molar-refractivity contribution in [1.82, 2.24) is 4.90 Å². The van der Waals surface area contributed by atoms with Gasteiger partial charge in [0.25, 0.3) is 0 Å². The molecule has 0 aromatic heterocycles. The van der Waals surface area contributed by atoms with Crippen LogP contribution < -0.4 is 10.5 Å². The molecule has 0 saturated heterocycles. The fraction of sp³-hybridized carbons (Fsp3) is 0.611. The van der Waals surface area contributed by atoms with Crippen LogP contribution in [0.15, 0.2) is 24.3 Å². The Morgan fingerprint density at radius 1 is 1.27 bits per heavy atom. The van der Waals surface area contributed by atoms with E-state index in [-0.39, 0.29) is 11.3 Å². The van der Waals surface area contributed by atoms with E-state index in [1.54, 1.807) is 4.90 Å². The number of ether oxygens (including phenoxy) is 1. The number of carbonyl (C=O) groups is 1. The molecule has 0 bridgehead atoms. The van der Waals surface area contributed by atoms with Gasteiger partial charge in [-0.25, -0.2) is 0 Å². The van der Waals surface area contributed by atoms with Gasteiger partial charge >= 0.3 is 0 Å². The van der Waals surface area contributed by atoms with E-state index in [9.17, 15) is 4.79 Å². The third-order valence-corrected chi connectivity index (χ3v) is 3.77. The summed E-state index contributed by atoms with van der Waals surface area (Å²) in [7, 11) is 1.82. The Balaban J connectivity index is 2.38. The molecule has 0 aliphatic carbocycles. The smallest absolute Gasteiger partial charge is 0.225 e. The Bertz CT molecular complexity index is 466. The van der Waals surface area contributed by atoms with Crippen molar-refractivity contribution in [2.24, 2.45) is 11.1 Å². The number of hydrogen-bond donors (Lipinski definition) is 1. The zero-order valence-corrected chi connectivity index (χ0v) is 14.6. The number of benzene rings is 1. The van der Waals surface area contributed by atoms with E-state index in [2.05, 4.69) is 39.8 Å². The minimum absolute atomic E-state index is 0.0576. The van der Waals surface area contributed by atoms with Crippen LogP contribution in [0.25, 0.3) is 0 Å². The number of nitrogens with two attached hydrogens (primary N) is 1. The summed E-state index contributed by atoms with van der Waals surface area (Å²) in [6.45, 7) is 10.1. The number of nitrogens with zero attached hydrogens (tertiary/aromatic N) is 1. The largest absolute Gasteiger partial charge is 0.493 e. The molecule has 0 unspecified atom stereocenters. The third kappa shape index (κ3) is 6.06. The molecule has 1 amide bonds. The molecule has 0 saturated carbocycles. The van der Waals surface area contributed by atoms with Gasteiger partial charge in [0.05, 0.1) is 13.0 Å². The molecule has 1 aromatic rings. The van der Waals surface area contributed by atoms with Crippen molar-refractivity contribution in [3.05, 3.63) is 29.8 Å². The van der Waals surface area contributed by atoms with Gasteiger partial charge in [0.2, 0.25) is 5.91 Å². The van der Waals surface area contributed by atoms with Crippen molar-refractivity contribution in [2.75, 3.05) is 26.7 Å². The second-order valence-corrected chi connectivity index (χ2v) is 6.94. The molecule has 0 spiro atoms. The summed E-state index contributed by atoms with van der Waals surface area (Å²) in [5.41, 5.74) is 6.93. The normalized spacial score (nSPS) is 11.6. The lowest BCUT2D eigenvalue weighted by Gasteiger charge is -2.29. The minimum atomic E-state index is -0.0576. The molecule has 0 aliphatic heterocycles. The highest BCUT2D eigenvalue weighted by atomic mass is 16.5. The van der Waals surface area contributed by atoms with E-state index in [1.165, 1.54) is 5.56 Å². The molecule has 0 heterocycles. The lowest BCUT2D eigenvalue weighted by atomic mass is 9.93. The number of rotatable bonds is 8. The molecule has 1 rings (SSSR count). The molecule has 0 fully saturated rings. The van der Waals surface area contributed by atoms with Crippen LogP contribution in [-0.2, 0) is 4.79 Å². The first-order valence-corrected chi connectivity index (χ1v) is 7.92. The molecule has 0 atom stereocenters. The summed E-state index contributed by atoms with van der Waals surface area (Å²) in [6.07, 6.45) is 0.378. The van der Waals surface area contributed by atoms with Crippen LogP contribution in [0.4, 0.5) is 0 Å². The minimum Gasteiger partial charge on any atom is -0.493 e. The van der Waals surface area contributed by atoms with Crippen molar-refractivity contribution < 1.29 is 9.53 Å². The molecule has 0 radical (unpaired) electrons. The number of carbonyl (C=O) groups excluding carboxylic acids is 1. The van der Waals surface area contributed by atoms with Gasteiger partial charge in [-0.2, -0.15) is 0 Å². The highest BCUT2D eigenvalue weighted by Gasteiger charge is 2.20. The van der Waals surface area contributed by atoms with Gasteiger partial charge in [-0.1, -0.05) is 39.8 Å². The van der Waals surface area contributed by atoms with Crippen molar-refractivity contribution in [1.29, 1.82) is 0 Å². The SMILES string of the molecule is CC(C)c1ccc(OCCC(=O)N(C)CC(C)(C)CN)cc1. The fourth-order valence-corrected chi connectivity index (χ4v) is 2.19. The monoisotopic (exact) mass is 306 g/mol. The van der Waals surface area contributed by atoms with Crippen molar-refractivity contribution >= 4 is 5.91 Å². The van der Waals surface area contributed by atoms with Gasteiger partial charge in [-0.15, -0.1) is 0 Å². The predicted octanol–water partition coefficient (Wildman–Crippen LogP) is 3.02. The van der Waals surface area contributed by atoms with E-state index >= 15 is 0 Å². The number of amides is 1. The van der Waals surface area contributed by atoms with Gasteiger partial charge in [-0.05, 0) is 35.6 Å². The second-order valence-electron chi connectivity index (χ2n) is 6.94. The quantitative estimate of drug-likeness (QED) is 0.803. The van der Waals surface area contributed by atoms with Gasteiger partial charge in [0, 0.05) is 13.6 Å². The summed E-state index contributed by atoms with van der Waals surface area (Å²) in [4.78, 5) is 13.8. The third-order valence-electron chi connectivity index (χ3n) is 3.77. The first kappa shape index (κ1) is 18.5. The van der Waals surface area contributed by atoms with Gasteiger partial charge in [0.15, 0.2) is 0 Å². The van der Waals surface area contributed by atoms with Gasteiger partial charge in [0.1, 0.15) is 5.75 Å². The molecule has 124 valence electrons. The molecule has 0 aliphatic rings. The van der Waals surface area contributed by atoms with E-state index in [0.29, 0.717) is 32.0 Å². The maximum atomic E-state index is 12.1. The van der Waals surface area contributed by atoms with Crippen molar-refractivity contribution in [3.63, 3.8) is 0 Å². The Morgan fingerprint density at radius 2 is 1.86 bits per heavy atom. The van der Waals surface area contributed by atoms with Crippen LogP contribution in [0.3, 0.4) is 0 Å². The Kier molecular flexibility index (Phi) is 6.88. The summed E-state index contributed by atoms with van der Waals surface area (Å²) in [5.74, 6) is 1.40. The molecular weight excluding hydrogens is 276 g/mol. The molecule has 22 heavy (non-hydrogen) atoms. The van der Waals surface area contributed by atoms with E-state index in [1.807, 2.05) is 19.2 Å².